The van der Waals surface area contributed by atoms with E-state index in [0.717, 1.165) is 41.4 Å². The van der Waals surface area contributed by atoms with Crippen LogP contribution in [0.25, 0.3) is 10.6 Å². The number of benzene rings is 1. The Labute approximate surface area is 178 Å². The highest BCUT2D eigenvalue weighted by atomic mass is 32.1. The Morgan fingerprint density at radius 1 is 1.21 bits per heavy atom. The van der Waals surface area contributed by atoms with Crippen molar-refractivity contribution in [1.29, 1.82) is 0 Å². The standard InChI is InChI=1S/C22H24N2O3S2/c1-14-23-22(19-5-4-10-28-19)20(29-14)6-7-21(25)24-9-8-15-11-17(26-2)18(27-3)12-16(15)13-24/h4-5,10-12H,6-9,13H2,1-3H3. The van der Waals surface area contributed by atoms with Crippen LogP contribution in [0.15, 0.2) is 29.6 Å². The second kappa shape index (κ2) is 8.55. The number of carbonyl (C=O) groups excluding carboxylic acids is 1. The summed E-state index contributed by atoms with van der Waals surface area (Å²) in [5, 5.41) is 3.11. The van der Waals surface area contributed by atoms with Crippen LogP contribution in [0, 0.1) is 6.92 Å². The van der Waals surface area contributed by atoms with Gasteiger partial charge in [-0.1, -0.05) is 6.07 Å². The van der Waals surface area contributed by atoms with E-state index in [4.69, 9.17) is 9.47 Å². The number of aryl methyl sites for hydroxylation is 2. The van der Waals surface area contributed by atoms with Gasteiger partial charge in [-0.2, -0.15) is 0 Å². The fraction of sp³-hybridized carbons (Fsp3) is 0.364. The summed E-state index contributed by atoms with van der Waals surface area (Å²) in [6.07, 6.45) is 2.07. The molecule has 1 amide bonds. The van der Waals surface area contributed by atoms with Gasteiger partial charge in [-0.3, -0.25) is 4.79 Å². The molecule has 1 aliphatic rings. The fourth-order valence-electron chi connectivity index (χ4n) is 3.72. The zero-order valence-corrected chi connectivity index (χ0v) is 18.5. The molecular formula is C22H24N2O3S2. The third-order valence-corrected chi connectivity index (χ3v) is 7.10. The van der Waals surface area contributed by atoms with Crippen molar-refractivity contribution in [1.82, 2.24) is 9.88 Å². The molecule has 0 unspecified atom stereocenters. The van der Waals surface area contributed by atoms with Crippen LogP contribution in [-0.2, 0) is 24.2 Å². The van der Waals surface area contributed by atoms with Crippen LogP contribution >= 0.6 is 22.7 Å². The number of nitrogens with zero attached hydrogens (tertiary/aromatic N) is 2. The van der Waals surface area contributed by atoms with E-state index < -0.39 is 0 Å². The number of hydrogen-bond acceptors (Lipinski definition) is 6. The van der Waals surface area contributed by atoms with Gasteiger partial charge in [0.15, 0.2) is 11.5 Å². The average Bonchev–Trinajstić information content (AvgIpc) is 3.39. The Morgan fingerprint density at radius 3 is 2.66 bits per heavy atom. The van der Waals surface area contributed by atoms with Crippen molar-refractivity contribution in [3.05, 3.63) is 50.7 Å². The lowest BCUT2D eigenvalue weighted by molar-refractivity contribution is -0.132. The minimum atomic E-state index is 0.189. The van der Waals surface area contributed by atoms with Crippen LogP contribution in [0.5, 0.6) is 11.5 Å². The van der Waals surface area contributed by atoms with Gasteiger partial charge >= 0.3 is 0 Å². The third-order valence-electron chi connectivity index (χ3n) is 5.20. The number of amides is 1. The second-order valence-electron chi connectivity index (χ2n) is 7.02. The molecule has 152 valence electrons. The number of methoxy groups -OCH3 is 2. The zero-order chi connectivity index (χ0) is 20.4. The Morgan fingerprint density at radius 2 is 1.97 bits per heavy atom. The van der Waals surface area contributed by atoms with Crippen molar-refractivity contribution in [2.75, 3.05) is 20.8 Å². The van der Waals surface area contributed by atoms with Gasteiger partial charge in [0.25, 0.3) is 0 Å². The predicted molar refractivity (Wildman–Crippen MR) is 117 cm³/mol. The number of carbonyl (C=O) groups is 1. The molecule has 4 rings (SSSR count). The van der Waals surface area contributed by atoms with Crippen molar-refractivity contribution in [3.63, 3.8) is 0 Å². The topological polar surface area (TPSA) is 51.7 Å². The minimum absolute atomic E-state index is 0.189. The molecule has 7 heteroatoms. The van der Waals surface area contributed by atoms with E-state index in [-0.39, 0.29) is 5.91 Å². The largest absolute Gasteiger partial charge is 0.493 e. The molecule has 3 heterocycles. The maximum absolute atomic E-state index is 12.9. The van der Waals surface area contributed by atoms with E-state index in [0.29, 0.717) is 18.7 Å². The predicted octanol–water partition coefficient (Wildman–Crippen LogP) is 4.71. The SMILES string of the molecule is COc1cc2c(cc1OC)CN(C(=O)CCc1sc(C)nc1-c1cccs1)CC2. The van der Waals surface area contributed by atoms with Crippen molar-refractivity contribution < 1.29 is 14.3 Å². The first kappa shape index (κ1) is 19.9. The first-order valence-corrected chi connectivity index (χ1v) is 11.3. The van der Waals surface area contributed by atoms with Crippen LogP contribution in [0.3, 0.4) is 0 Å². The minimum Gasteiger partial charge on any atom is -0.493 e. The normalized spacial score (nSPS) is 13.3. The van der Waals surface area contributed by atoms with E-state index >= 15 is 0 Å². The molecule has 1 aliphatic heterocycles. The van der Waals surface area contributed by atoms with Gasteiger partial charge in [0.2, 0.25) is 5.91 Å². The molecule has 0 radical (unpaired) electrons. The molecule has 0 fully saturated rings. The van der Waals surface area contributed by atoms with Gasteiger partial charge in [0.1, 0.15) is 0 Å². The highest BCUT2D eigenvalue weighted by Crippen LogP contribution is 2.34. The molecule has 5 nitrogen and oxygen atoms in total. The summed E-state index contributed by atoms with van der Waals surface area (Å²) in [4.78, 5) is 21.9. The summed E-state index contributed by atoms with van der Waals surface area (Å²) in [5.41, 5.74) is 3.40. The highest BCUT2D eigenvalue weighted by Gasteiger charge is 2.23. The summed E-state index contributed by atoms with van der Waals surface area (Å²) in [5.74, 6) is 1.64. The molecule has 3 aromatic rings. The summed E-state index contributed by atoms with van der Waals surface area (Å²) in [7, 11) is 3.28. The molecular weight excluding hydrogens is 404 g/mol. The molecule has 0 atom stereocenters. The Hall–Kier alpha value is -2.38. The Bertz CT molecular complexity index is 1010. The van der Waals surface area contributed by atoms with Gasteiger partial charge in [-0.15, -0.1) is 22.7 Å². The highest BCUT2D eigenvalue weighted by molar-refractivity contribution is 7.15. The summed E-state index contributed by atoms with van der Waals surface area (Å²) >= 11 is 3.38. The molecule has 0 saturated heterocycles. The first-order chi connectivity index (χ1) is 14.1. The van der Waals surface area contributed by atoms with Gasteiger partial charge in [-0.05, 0) is 54.5 Å². The smallest absolute Gasteiger partial charge is 0.223 e. The first-order valence-electron chi connectivity index (χ1n) is 9.60. The van der Waals surface area contributed by atoms with Crippen molar-refractivity contribution in [2.45, 2.75) is 32.7 Å². The van der Waals surface area contributed by atoms with Crippen LogP contribution in [0.4, 0.5) is 0 Å². The second-order valence-corrected chi connectivity index (χ2v) is 9.26. The van der Waals surface area contributed by atoms with Gasteiger partial charge in [-0.25, -0.2) is 4.98 Å². The van der Waals surface area contributed by atoms with Gasteiger partial charge in [0.05, 0.1) is 29.8 Å². The van der Waals surface area contributed by atoms with Crippen molar-refractivity contribution in [3.8, 4) is 22.1 Å². The summed E-state index contributed by atoms with van der Waals surface area (Å²) < 4.78 is 10.8. The number of fused-ring (bicyclic) bond motifs is 1. The molecule has 29 heavy (non-hydrogen) atoms. The molecule has 0 aliphatic carbocycles. The summed E-state index contributed by atoms with van der Waals surface area (Å²) in [6.45, 7) is 3.38. The quantitative estimate of drug-likeness (QED) is 0.570. The van der Waals surface area contributed by atoms with Gasteiger partial charge in [0, 0.05) is 24.4 Å². The monoisotopic (exact) mass is 428 g/mol. The average molecular weight is 429 g/mol. The van der Waals surface area contributed by atoms with Crippen LogP contribution < -0.4 is 9.47 Å². The number of ether oxygens (including phenoxy) is 2. The van der Waals surface area contributed by atoms with Gasteiger partial charge < -0.3 is 14.4 Å². The molecule has 2 aromatic heterocycles. The number of thiophene rings is 1. The molecule has 0 bridgehead atoms. The summed E-state index contributed by atoms with van der Waals surface area (Å²) in [6, 6.07) is 8.16. The Balaban J connectivity index is 1.44. The number of rotatable bonds is 6. The number of aromatic nitrogens is 1. The Kier molecular flexibility index (Phi) is 5.87. The lowest BCUT2D eigenvalue weighted by Crippen LogP contribution is -2.36. The van der Waals surface area contributed by atoms with E-state index in [2.05, 4.69) is 16.4 Å². The van der Waals surface area contributed by atoms with E-state index in [9.17, 15) is 4.79 Å². The molecule has 1 aromatic carbocycles. The van der Waals surface area contributed by atoms with E-state index in [1.807, 2.05) is 30.0 Å². The lowest BCUT2D eigenvalue weighted by Gasteiger charge is -2.29. The van der Waals surface area contributed by atoms with E-state index in [1.165, 1.54) is 15.3 Å². The van der Waals surface area contributed by atoms with Crippen molar-refractivity contribution in [2.24, 2.45) is 0 Å². The van der Waals surface area contributed by atoms with Crippen molar-refractivity contribution >= 4 is 28.6 Å². The maximum atomic E-state index is 12.9. The molecule has 0 saturated carbocycles. The maximum Gasteiger partial charge on any atom is 0.223 e. The molecule has 0 spiro atoms. The van der Waals surface area contributed by atoms with E-state index in [1.54, 1.807) is 36.9 Å². The number of thiazole rings is 1. The fourth-order valence-corrected chi connectivity index (χ4v) is 5.48. The van der Waals surface area contributed by atoms with Crippen LogP contribution in [0.1, 0.15) is 27.4 Å². The lowest BCUT2D eigenvalue weighted by atomic mass is 9.98. The van der Waals surface area contributed by atoms with Crippen LogP contribution in [0.2, 0.25) is 0 Å². The number of hydrogen-bond donors (Lipinski definition) is 0. The van der Waals surface area contributed by atoms with Crippen LogP contribution in [-0.4, -0.2) is 36.6 Å². The third kappa shape index (κ3) is 4.16. The zero-order valence-electron chi connectivity index (χ0n) is 16.9. The molecule has 0 N–H and O–H groups in total.